The number of piperidine rings is 1. The zero-order valence-electron chi connectivity index (χ0n) is 11.6. The molecule has 2 fully saturated rings. The van der Waals surface area contributed by atoms with Crippen molar-refractivity contribution in [3.8, 4) is 0 Å². The minimum atomic E-state index is -0.354. The summed E-state index contributed by atoms with van der Waals surface area (Å²) in [7, 11) is 0. The van der Waals surface area contributed by atoms with Gasteiger partial charge in [0.05, 0.1) is 0 Å². The fourth-order valence-electron chi connectivity index (χ4n) is 3.00. The first kappa shape index (κ1) is 13.3. The zero-order valence-corrected chi connectivity index (χ0v) is 11.6. The van der Waals surface area contributed by atoms with Gasteiger partial charge in [-0.3, -0.25) is 10.7 Å². The van der Waals surface area contributed by atoms with Crippen molar-refractivity contribution in [2.45, 2.75) is 39.2 Å². The molecule has 0 bridgehead atoms. The van der Waals surface area contributed by atoms with E-state index in [0.29, 0.717) is 11.8 Å². The van der Waals surface area contributed by atoms with Crippen LogP contribution in [-0.2, 0) is 0 Å². The molecular formula is C13H24N4O. The first-order valence-electron chi connectivity index (χ1n) is 6.89. The number of nitrogens with one attached hydrogen (secondary N) is 2. The highest BCUT2D eigenvalue weighted by Crippen LogP contribution is 2.33. The Morgan fingerprint density at radius 2 is 2.00 bits per heavy atom. The summed E-state index contributed by atoms with van der Waals surface area (Å²) in [5.74, 6) is 0.839. The van der Waals surface area contributed by atoms with Gasteiger partial charge in [-0.05, 0) is 25.3 Å². The molecule has 0 atom stereocenters. The lowest BCUT2D eigenvalue weighted by molar-refractivity contribution is 0.0985. The van der Waals surface area contributed by atoms with Crippen LogP contribution in [0.4, 0.5) is 4.79 Å². The van der Waals surface area contributed by atoms with E-state index in [9.17, 15) is 4.79 Å². The molecule has 0 aromatic carbocycles. The van der Waals surface area contributed by atoms with Crippen molar-refractivity contribution < 1.29 is 4.79 Å². The van der Waals surface area contributed by atoms with E-state index in [1.807, 2.05) is 4.90 Å². The Morgan fingerprint density at radius 3 is 2.50 bits per heavy atom. The van der Waals surface area contributed by atoms with Gasteiger partial charge in [-0.25, -0.2) is 4.79 Å². The highest BCUT2D eigenvalue weighted by atomic mass is 16.2. The summed E-state index contributed by atoms with van der Waals surface area (Å²) in [6.07, 6.45) is 1.76. The van der Waals surface area contributed by atoms with Crippen LogP contribution < -0.4 is 5.32 Å². The monoisotopic (exact) mass is 252 g/mol. The average Bonchev–Trinajstić information content (AvgIpc) is 2.55. The molecule has 5 nitrogen and oxygen atoms in total. The molecule has 5 heteroatoms. The van der Waals surface area contributed by atoms with Gasteiger partial charge in [0.1, 0.15) is 11.4 Å². The van der Waals surface area contributed by atoms with Crippen LogP contribution >= 0.6 is 0 Å². The molecule has 2 rings (SSSR count). The van der Waals surface area contributed by atoms with Crippen molar-refractivity contribution in [3.05, 3.63) is 0 Å². The fraction of sp³-hybridized carbons (Fsp3) is 0.846. The number of hydrogen-bond donors (Lipinski definition) is 2. The molecule has 18 heavy (non-hydrogen) atoms. The van der Waals surface area contributed by atoms with Crippen LogP contribution in [0.5, 0.6) is 0 Å². The summed E-state index contributed by atoms with van der Waals surface area (Å²) in [4.78, 5) is 16.3. The summed E-state index contributed by atoms with van der Waals surface area (Å²) >= 11 is 0. The summed E-state index contributed by atoms with van der Waals surface area (Å²) in [5, 5.41) is 10.8. The van der Waals surface area contributed by atoms with Crippen molar-refractivity contribution in [1.29, 1.82) is 5.41 Å². The molecule has 0 saturated carbocycles. The van der Waals surface area contributed by atoms with Crippen LogP contribution in [0.1, 0.15) is 33.6 Å². The fourth-order valence-corrected chi connectivity index (χ4v) is 3.00. The van der Waals surface area contributed by atoms with Gasteiger partial charge in [0, 0.05) is 19.6 Å². The maximum absolute atomic E-state index is 12.0. The molecule has 0 aromatic rings. The number of rotatable bonds is 3. The molecule has 2 amide bonds. The van der Waals surface area contributed by atoms with E-state index in [1.54, 1.807) is 0 Å². The number of urea groups is 1. The smallest absolute Gasteiger partial charge is 0.311 e. The predicted molar refractivity (Wildman–Crippen MR) is 71.9 cm³/mol. The molecular weight excluding hydrogens is 228 g/mol. The van der Waals surface area contributed by atoms with E-state index in [2.05, 4.69) is 31.0 Å². The van der Waals surface area contributed by atoms with Crippen molar-refractivity contribution >= 4 is 11.9 Å². The lowest BCUT2D eigenvalue weighted by atomic mass is 9.85. The third kappa shape index (κ3) is 2.11. The van der Waals surface area contributed by atoms with E-state index in [1.165, 1.54) is 0 Å². The molecule has 2 N–H and O–H groups in total. The summed E-state index contributed by atoms with van der Waals surface area (Å²) in [6.45, 7) is 10.1. The molecule has 0 unspecified atom stereocenters. The van der Waals surface area contributed by atoms with Crippen molar-refractivity contribution in [1.82, 2.24) is 15.1 Å². The number of carbonyl (C=O) groups excluding carboxylic acids is 1. The van der Waals surface area contributed by atoms with Gasteiger partial charge in [-0.15, -0.1) is 0 Å². The Bertz CT molecular complexity index is 345. The number of likely N-dealkylation sites (tertiary alicyclic amines) is 1. The molecule has 2 aliphatic rings. The van der Waals surface area contributed by atoms with Crippen LogP contribution in [-0.4, -0.2) is 53.4 Å². The van der Waals surface area contributed by atoms with Gasteiger partial charge in [-0.2, -0.15) is 0 Å². The second kappa shape index (κ2) is 4.88. The molecule has 0 aromatic heterocycles. The van der Waals surface area contributed by atoms with Gasteiger partial charge < -0.3 is 9.80 Å². The van der Waals surface area contributed by atoms with Gasteiger partial charge >= 0.3 is 6.03 Å². The van der Waals surface area contributed by atoms with E-state index < -0.39 is 0 Å². The van der Waals surface area contributed by atoms with Gasteiger partial charge in [0.2, 0.25) is 0 Å². The molecule has 2 aliphatic heterocycles. The Labute approximate surface area is 109 Å². The SMILES string of the molecule is CCN1CCC2(CC1)C(=N)NC(=O)N2CC(C)C. The molecule has 0 aliphatic carbocycles. The van der Waals surface area contributed by atoms with Crippen molar-refractivity contribution in [2.24, 2.45) is 5.92 Å². The average molecular weight is 252 g/mol. The molecule has 2 heterocycles. The second-order valence-electron chi connectivity index (χ2n) is 5.78. The van der Waals surface area contributed by atoms with E-state index in [0.717, 1.165) is 39.0 Å². The van der Waals surface area contributed by atoms with Crippen LogP contribution in [0.2, 0.25) is 0 Å². The van der Waals surface area contributed by atoms with E-state index >= 15 is 0 Å². The van der Waals surface area contributed by atoms with Crippen LogP contribution in [0, 0.1) is 11.3 Å². The summed E-state index contributed by atoms with van der Waals surface area (Å²) in [5.41, 5.74) is -0.354. The predicted octanol–water partition coefficient (Wildman–Crippen LogP) is 1.50. The number of amides is 2. The standard InChI is InChI=1S/C13H24N4O/c1-4-16-7-5-13(6-8-16)11(14)15-12(18)17(13)9-10(2)3/h10H,4-9H2,1-3H3,(H2,14,15,18). The number of hydrogen-bond acceptors (Lipinski definition) is 3. The summed E-state index contributed by atoms with van der Waals surface area (Å²) < 4.78 is 0. The third-order valence-corrected chi connectivity index (χ3v) is 4.14. The molecule has 0 radical (unpaired) electrons. The number of carbonyl (C=O) groups is 1. The summed E-state index contributed by atoms with van der Waals surface area (Å²) in [6, 6.07) is -0.0846. The Morgan fingerprint density at radius 1 is 1.39 bits per heavy atom. The number of nitrogens with zero attached hydrogens (tertiary/aromatic N) is 2. The maximum Gasteiger partial charge on any atom is 0.323 e. The molecule has 102 valence electrons. The van der Waals surface area contributed by atoms with Gasteiger partial charge in [0.15, 0.2) is 0 Å². The van der Waals surface area contributed by atoms with Crippen LogP contribution in [0.3, 0.4) is 0 Å². The maximum atomic E-state index is 12.0. The Balaban J connectivity index is 2.17. The third-order valence-electron chi connectivity index (χ3n) is 4.14. The topological polar surface area (TPSA) is 59.4 Å². The largest absolute Gasteiger partial charge is 0.323 e. The normalized spacial score (nSPS) is 24.1. The Hall–Kier alpha value is -1.10. The first-order valence-corrected chi connectivity index (χ1v) is 6.89. The highest BCUT2D eigenvalue weighted by Gasteiger charge is 2.51. The molecule has 2 saturated heterocycles. The number of amidine groups is 1. The first-order chi connectivity index (χ1) is 8.49. The second-order valence-corrected chi connectivity index (χ2v) is 5.78. The molecule has 1 spiro atoms. The van der Waals surface area contributed by atoms with E-state index in [4.69, 9.17) is 5.41 Å². The minimum Gasteiger partial charge on any atom is -0.311 e. The lowest BCUT2D eigenvalue weighted by Gasteiger charge is -2.43. The van der Waals surface area contributed by atoms with Crippen LogP contribution in [0.25, 0.3) is 0 Å². The van der Waals surface area contributed by atoms with Gasteiger partial charge in [0.25, 0.3) is 0 Å². The van der Waals surface area contributed by atoms with Crippen molar-refractivity contribution in [3.63, 3.8) is 0 Å². The lowest BCUT2D eigenvalue weighted by Crippen LogP contribution is -2.57. The van der Waals surface area contributed by atoms with Crippen molar-refractivity contribution in [2.75, 3.05) is 26.2 Å². The highest BCUT2D eigenvalue weighted by molar-refractivity contribution is 6.08. The van der Waals surface area contributed by atoms with Crippen LogP contribution in [0.15, 0.2) is 0 Å². The quantitative estimate of drug-likeness (QED) is 0.799. The van der Waals surface area contributed by atoms with Gasteiger partial charge in [-0.1, -0.05) is 20.8 Å². The van der Waals surface area contributed by atoms with E-state index in [-0.39, 0.29) is 11.6 Å². The minimum absolute atomic E-state index is 0.0846. The Kier molecular flexibility index (Phi) is 3.61. The zero-order chi connectivity index (χ0) is 13.3.